The van der Waals surface area contributed by atoms with Crippen LogP contribution in [0.15, 0.2) is 12.1 Å². The third kappa shape index (κ3) is 4.55. The fourth-order valence-electron chi connectivity index (χ4n) is 5.80. The molecular weight excluding hydrogens is 501 g/mol. The van der Waals surface area contributed by atoms with E-state index in [0.717, 1.165) is 29.8 Å². The molecule has 3 aliphatic heterocycles. The van der Waals surface area contributed by atoms with Crippen molar-refractivity contribution in [2.24, 2.45) is 0 Å². The molecule has 0 unspecified atom stereocenters. The molecule has 7 heteroatoms. The van der Waals surface area contributed by atoms with E-state index in [2.05, 4.69) is 56.7 Å². The number of rotatable bonds is 2. The minimum Gasteiger partial charge on any atom is -0.454 e. The van der Waals surface area contributed by atoms with E-state index in [1.165, 1.54) is 5.92 Å². The van der Waals surface area contributed by atoms with Gasteiger partial charge in [-0.25, -0.2) is 0 Å². The fourth-order valence-corrected chi connectivity index (χ4v) is 11.8. The van der Waals surface area contributed by atoms with Crippen LogP contribution in [0.1, 0.15) is 28.3 Å². The van der Waals surface area contributed by atoms with E-state index in [4.69, 9.17) is 9.47 Å². The molecule has 1 amide bonds. The second kappa shape index (κ2) is 9.60. The van der Waals surface area contributed by atoms with E-state index in [1.54, 1.807) is 11.1 Å². The molecule has 1 aromatic carbocycles. The molecule has 2 aliphatic carbocycles. The van der Waals surface area contributed by atoms with Gasteiger partial charge in [0.1, 0.15) is 0 Å². The van der Waals surface area contributed by atoms with E-state index < -0.39 is 16.1 Å². The Bertz CT molecular complexity index is 914. The van der Waals surface area contributed by atoms with Crippen LogP contribution in [-0.2, 0) is 16.8 Å². The Labute approximate surface area is 218 Å². The maximum Gasteiger partial charge on any atom is 0.254 e. The van der Waals surface area contributed by atoms with Gasteiger partial charge in [-0.3, -0.25) is 4.79 Å². The predicted octanol–water partition coefficient (Wildman–Crippen LogP) is 5.44. The number of nitrogens with zero attached hydrogens (tertiary/aromatic N) is 1. The van der Waals surface area contributed by atoms with Crippen molar-refractivity contribution >= 4 is 22.1 Å². The van der Waals surface area contributed by atoms with Crippen LogP contribution in [-0.4, -0.2) is 46.3 Å². The zero-order chi connectivity index (χ0) is 23.5. The van der Waals surface area contributed by atoms with Gasteiger partial charge in [-0.2, -0.15) is 0 Å². The van der Waals surface area contributed by atoms with Crippen molar-refractivity contribution in [1.29, 1.82) is 0 Å². The van der Waals surface area contributed by atoms with E-state index in [1.807, 2.05) is 38.2 Å². The van der Waals surface area contributed by atoms with Gasteiger partial charge in [-0.15, -0.1) is 0 Å². The average molecular weight is 536 g/mol. The molecule has 2 atom stereocenters. The third-order valence-electron chi connectivity index (χ3n) is 7.15. The van der Waals surface area contributed by atoms with E-state index in [9.17, 15) is 4.79 Å². The second-order valence-corrected chi connectivity index (χ2v) is 21.5. The number of amides is 1. The molecule has 4 nitrogen and oxygen atoms in total. The normalized spacial score (nSPS) is 26.5. The second-order valence-electron chi connectivity index (χ2n) is 11.5. The Morgan fingerprint density at radius 2 is 1.47 bits per heavy atom. The fraction of sp³-hybridized carbons (Fsp3) is 0.407. The van der Waals surface area contributed by atoms with Gasteiger partial charge in [-0.1, -0.05) is 39.3 Å². The molecule has 182 valence electrons. The standard InChI is InChI=1S/C22H29NO3Si2.C5H5.Co/c1-27(2,3)18-9-13-7-8-23-20(13)19(21(18)28(4,5)6)14-10-16-17(26-12-25-16)11-15(14)22(23)24;1-2-4-5-3-1;/h9-11,19-20H,7-8,12H2,1-6H3;1-5H;/t19-,20-;;/m1../s1. The molecule has 5 aliphatic rings. The van der Waals surface area contributed by atoms with Gasteiger partial charge >= 0.3 is 0 Å². The van der Waals surface area contributed by atoms with Gasteiger partial charge < -0.3 is 14.4 Å². The average Bonchev–Trinajstić information content (AvgIpc) is 3.51. The first-order valence-electron chi connectivity index (χ1n) is 11.9. The van der Waals surface area contributed by atoms with Crippen LogP contribution in [0.25, 0.3) is 0 Å². The van der Waals surface area contributed by atoms with Crippen molar-refractivity contribution in [3.8, 4) is 11.5 Å². The van der Waals surface area contributed by atoms with Crippen LogP contribution in [0, 0.1) is 55.5 Å². The van der Waals surface area contributed by atoms with Crippen molar-refractivity contribution in [2.75, 3.05) is 13.3 Å². The summed E-state index contributed by atoms with van der Waals surface area (Å²) in [5.41, 5.74) is 5.26. The quantitative estimate of drug-likeness (QED) is 0.474. The zero-order valence-electron chi connectivity index (χ0n) is 20.9. The van der Waals surface area contributed by atoms with Gasteiger partial charge in [0.25, 0.3) is 5.91 Å². The molecular formula is C27H34CoNO3Si2. The third-order valence-corrected chi connectivity index (χ3v) is 11.6. The van der Waals surface area contributed by atoms with Gasteiger partial charge in [0, 0.05) is 46.8 Å². The monoisotopic (exact) mass is 535 g/mol. The summed E-state index contributed by atoms with van der Waals surface area (Å²) in [5, 5.41) is 0. The molecule has 3 heterocycles. The first-order chi connectivity index (χ1) is 15.6. The van der Waals surface area contributed by atoms with Crippen LogP contribution in [0.3, 0.4) is 0 Å². The Morgan fingerprint density at radius 3 is 2.03 bits per heavy atom. The topological polar surface area (TPSA) is 38.8 Å². The maximum atomic E-state index is 13.4. The van der Waals surface area contributed by atoms with Crippen molar-refractivity contribution < 1.29 is 31.0 Å². The molecule has 3 fully saturated rings. The van der Waals surface area contributed by atoms with Gasteiger partial charge in [0.2, 0.25) is 6.79 Å². The number of carbonyl (C=O) groups excluding carboxylic acids is 1. The predicted molar refractivity (Wildman–Crippen MR) is 137 cm³/mol. The number of fused-ring (bicyclic) bond motifs is 3. The van der Waals surface area contributed by atoms with Crippen molar-refractivity contribution in [1.82, 2.24) is 4.90 Å². The number of carbonyl (C=O) groups is 1. The zero-order valence-corrected chi connectivity index (χ0v) is 23.9. The summed E-state index contributed by atoms with van der Waals surface area (Å²) in [5.74, 6) is 3.39. The van der Waals surface area contributed by atoms with Crippen molar-refractivity contribution in [3.63, 3.8) is 0 Å². The first-order valence-corrected chi connectivity index (χ1v) is 18.9. The van der Waals surface area contributed by atoms with E-state index in [0.29, 0.717) is 5.75 Å². The molecule has 1 aromatic rings. The maximum absolute atomic E-state index is 13.4. The number of benzene rings is 1. The number of hydrogen-bond donors (Lipinski definition) is 0. The molecule has 0 bridgehead atoms. The number of ether oxygens (including phenoxy) is 2. The molecule has 10 radical (unpaired) electrons. The summed E-state index contributed by atoms with van der Waals surface area (Å²) < 4.78 is 11.3. The van der Waals surface area contributed by atoms with E-state index in [-0.39, 0.29) is 41.4 Å². The molecule has 0 spiro atoms. The summed E-state index contributed by atoms with van der Waals surface area (Å²) in [6.45, 7) is 15.8. The van der Waals surface area contributed by atoms with Gasteiger partial charge in [-0.05, 0) is 73.7 Å². The Kier molecular flexibility index (Phi) is 7.42. The molecule has 0 aromatic heterocycles. The summed E-state index contributed by atoms with van der Waals surface area (Å²) >= 11 is 0. The molecule has 6 rings (SSSR count). The summed E-state index contributed by atoms with van der Waals surface area (Å²) in [6.07, 6.45) is 13.5. The number of hydrogen-bond acceptors (Lipinski definition) is 3. The Balaban J connectivity index is 0.000000407. The summed E-state index contributed by atoms with van der Waals surface area (Å²) in [6, 6.07) is 4.24. The van der Waals surface area contributed by atoms with Crippen LogP contribution in [0.4, 0.5) is 0 Å². The minimum atomic E-state index is -1.63. The van der Waals surface area contributed by atoms with Crippen LogP contribution >= 0.6 is 0 Å². The molecule has 1 saturated heterocycles. The van der Waals surface area contributed by atoms with Crippen LogP contribution < -0.4 is 9.47 Å². The molecule has 0 N–H and O–H groups in total. The van der Waals surface area contributed by atoms with Crippen LogP contribution in [0.2, 0.25) is 39.3 Å². The van der Waals surface area contributed by atoms with Gasteiger partial charge in [0.05, 0.1) is 16.1 Å². The SMILES string of the molecule is C[Si](C)(C)[C]1[CH][C]2CCN3C(=O)c4cc5c(cc4[C@@H]([C]1[Si](C)(C)C)[C@@H]23)OCO5.[CH]1[CH][CH][CH][CH]1.[Co]. The Morgan fingerprint density at radius 1 is 0.882 bits per heavy atom. The first kappa shape index (κ1) is 26.3. The van der Waals surface area contributed by atoms with Crippen molar-refractivity contribution in [3.05, 3.63) is 78.8 Å². The van der Waals surface area contributed by atoms with Gasteiger partial charge in [0.15, 0.2) is 11.5 Å². The smallest absolute Gasteiger partial charge is 0.254 e. The summed E-state index contributed by atoms with van der Waals surface area (Å²) in [7, 11) is -3.15. The largest absolute Gasteiger partial charge is 0.454 e. The Hall–Kier alpha value is -0.770. The van der Waals surface area contributed by atoms with Crippen LogP contribution in [0.5, 0.6) is 11.5 Å². The minimum absolute atomic E-state index is 0. The summed E-state index contributed by atoms with van der Waals surface area (Å²) in [4.78, 5) is 15.5. The molecule has 2 saturated carbocycles. The molecule has 34 heavy (non-hydrogen) atoms. The van der Waals surface area contributed by atoms with E-state index >= 15 is 0 Å². The van der Waals surface area contributed by atoms with Crippen molar-refractivity contribution in [2.45, 2.75) is 57.7 Å².